The van der Waals surface area contributed by atoms with Crippen LogP contribution in [0.15, 0.2) is 48.7 Å². The predicted octanol–water partition coefficient (Wildman–Crippen LogP) is -0.0603. The molecule has 0 saturated heterocycles. The third kappa shape index (κ3) is 6.19. The van der Waals surface area contributed by atoms with Crippen LogP contribution in [0, 0.1) is 0 Å². The van der Waals surface area contributed by atoms with Crippen LogP contribution in [0.5, 0.6) is 11.5 Å². The average molecular weight is 421 g/mol. The molecule has 0 spiro atoms. The third-order valence-corrected chi connectivity index (χ3v) is 4.61. The highest BCUT2D eigenvalue weighted by Gasteiger charge is 2.16. The Bertz CT molecular complexity index is 928. The Morgan fingerprint density at radius 1 is 1.07 bits per heavy atom. The number of nitrogens with one attached hydrogen (secondary N) is 2. The van der Waals surface area contributed by atoms with Gasteiger partial charge in [0, 0.05) is 23.6 Å². The summed E-state index contributed by atoms with van der Waals surface area (Å²) in [6.07, 6.45) is 3.10. The molecular weight excluding hydrogens is 390 g/mol. The number of aromatic nitrogens is 1. The number of para-hydroxylation sites is 1. The normalized spacial score (nSPS) is 10.8. The Morgan fingerprint density at radius 3 is 2.47 bits per heavy atom. The molecule has 9 heteroatoms. The molecular formula is C21H31N3O6. The van der Waals surface area contributed by atoms with Crippen molar-refractivity contribution in [3.05, 3.63) is 59.8 Å². The van der Waals surface area contributed by atoms with Crippen molar-refractivity contribution >= 4 is 16.8 Å². The van der Waals surface area contributed by atoms with Crippen molar-refractivity contribution in [2.24, 2.45) is 5.73 Å². The van der Waals surface area contributed by atoms with Gasteiger partial charge in [-0.25, -0.2) is 0 Å². The molecule has 9 nitrogen and oxygen atoms in total. The van der Waals surface area contributed by atoms with Gasteiger partial charge in [-0.05, 0) is 42.2 Å². The zero-order valence-corrected chi connectivity index (χ0v) is 17.1. The zero-order chi connectivity index (χ0) is 19.2. The predicted molar refractivity (Wildman–Crippen MR) is 117 cm³/mol. The molecule has 30 heavy (non-hydrogen) atoms. The summed E-state index contributed by atoms with van der Waals surface area (Å²) in [4.78, 5) is 15.5. The van der Waals surface area contributed by atoms with Crippen molar-refractivity contribution in [3.8, 4) is 11.5 Å². The van der Waals surface area contributed by atoms with Crippen molar-refractivity contribution in [1.82, 2.24) is 10.3 Å². The fraction of sp³-hybridized carbons (Fsp3) is 0.286. The number of carbonyl (C=O) groups excluding carboxylic acids is 1. The lowest BCUT2D eigenvalue weighted by Crippen LogP contribution is -2.42. The van der Waals surface area contributed by atoms with E-state index in [-0.39, 0.29) is 22.3 Å². The van der Waals surface area contributed by atoms with Gasteiger partial charge in [-0.15, -0.1) is 0 Å². The number of carbonyl (C=O) groups is 1. The van der Waals surface area contributed by atoms with Crippen LogP contribution >= 0.6 is 0 Å². The van der Waals surface area contributed by atoms with Gasteiger partial charge in [0.05, 0.1) is 20.3 Å². The van der Waals surface area contributed by atoms with Gasteiger partial charge >= 0.3 is 0 Å². The number of benzene rings is 2. The van der Waals surface area contributed by atoms with Crippen LogP contribution in [0.4, 0.5) is 0 Å². The Balaban J connectivity index is 0.00000280. The number of fused-ring (bicyclic) bond motifs is 1. The maximum atomic E-state index is 12.3. The molecule has 0 aliphatic heterocycles. The summed E-state index contributed by atoms with van der Waals surface area (Å²) in [6, 6.07) is 13.1. The van der Waals surface area contributed by atoms with Crippen LogP contribution in [0.2, 0.25) is 0 Å². The molecule has 2 aromatic carbocycles. The van der Waals surface area contributed by atoms with E-state index in [1.165, 1.54) is 0 Å². The number of ether oxygens (including phenoxy) is 2. The van der Waals surface area contributed by atoms with Crippen LogP contribution in [0.1, 0.15) is 11.1 Å². The topological polar surface area (TPSA) is 184 Å². The van der Waals surface area contributed by atoms with E-state index in [1.807, 2.05) is 48.7 Å². The minimum absolute atomic E-state index is 0. The van der Waals surface area contributed by atoms with Crippen LogP contribution in [-0.4, -0.2) is 54.1 Å². The van der Waals surface area contributed by atoms with Gasteiger partial charge in [-0.1, -0.05) is 24.3 Å². The number of amides is 1. The fourth-order valence-electron chi connectivity index (χ4n) is 3.13. The summed E-state index contributed by atoms with van der Waals surface area (Å²) in [7, 11) is 3.21. The van der Waals surface area contributed by atoms with E-state index >= 15 is 0 Å². The van der Waals surface area contributed by atoms with Gasteiger partial charge in [0.25, 0.3) is 0 Å². The molecule has 0 aliphatic carbocycles. The zero-order valence-electron chi connectivity index (χ0n) is 17.1. The molecule has 3 rings (SSSR count). The van der Waals surface area contributed by atoms with E-state index in [1.54, 1.807) is 14.2 Å². The Morgan fingerprint density at radius 2 is 1.77 bits per heavy atom. The van der Waals surface area contributed by atoms with Crippen LogP contribution < -0.4 is 20.5 Å². The van der Waals surface area contributed by atoms with Crippen LogP contribution in [0.25, 0.3) is 10.9 Å². The van der Waals surface area contributed by atoms with E-state index < -0.39 is 6.04 Å². The van der Waals surface area contributed by atoms with E-state index in [0.717, 1.165) is 22.0 Å². The molecule has 1 amide bonds. The molecule has 0 saturated carbocycles. The first kappa shape index (κ1) is 26.9. The first-order valence-electron chi connectivity index (χ1n) is 8.91. The molecule has 166 valence electrons. The minimum atomic E-state index is -0.588. The number of rotatable bonds is 8. The SMILES string of the molecule is COc1ccc(CCNC(=O)[C@@H](N)Cc2c[nH]c3ccccc23)cc1OC.O.O.O. The van der Waals surface area contributed by atoms with Gasteiger partial charge in [-0.2, -0.15) is 0 Å². The second-order valence-electron chi connectivity index (χ2n) is 6.40. The standard InChI is InChI=1S/C21H25N3O3.3H2O/c1-26-19-8-7-14(11-20(19)27-2)9-10-23-21(25)17(22)12-15-13-24-18-6-4-3-5-16(15)18;;;/h3-8,11,13,17,24H,9-10,12,22H2,1-2H3,(H,23,25);3*1H2/t17-;;;/m0.../s1. The van der Waals surface area contributed by atoms with Crippen molar-refractivity contribution < 1.29 is 30.7 Å². The van der Waals surface area contributed by atoms with Gasteiger partial charge in [0.15, 0.2) is 11.5 Å². The monoisotopic (exact) mass is 421 g/mol. The average Bonchev–Trinajstić information content (AvgIpc) is 3.10. The lowest BCUT2D eigenvalue weighted by molar-refractivity contribution is -0.122. The second-order valence-corrected chi connectivity index (χ2v) is 6.40. The summed E-state index contributed by atoms with van der Waals surface area (Å²) < 4.78 is 10.5. The lowest BCUT2D eigenvalue weighted by Gasteiger charge is -2.13. The molecule has 0 fully saturated rings. The molecule has 10 N–H and O–H groups in total. The van der Waals surface area contributed by atoms with E-state index in [2.05, 4.69) is 10.3 Å². The van der Waals surface area contributed by atoms with Crippen molar-refractivity contribution in [2.75, 3.05) is 20.8 Å². The molecule has 0 bridgehead atoms. The van der Waals surface area contributed by atoms with Crippen molar-refractivity contribution in [3.63, 3.8) is 0 Å². The molecule has 1 atom stereocenters. The summed E-state index contributed by atoms with van der Waals surface area (Å²) >= 11 is 0. The maximum Gasteiger partial charge on any atom is 0.237 e. The summed E-state index contributed by atoms with van der Waals surface area (Å²) in [5.74, 6) is 1.21. The van der Waals surface area contributed by atoms with Crippen molar-refractivity contribution in [1.29, 1.82) is 0 Å². The van der Waals surface area contributed by atoms with Gasteiger partial charge in [-0.3, -0.25) is 4.79 Å². The second kappa shape index (κ2) is 12.5. The summed E-state index contributed by atoms with van der Waals surface area (Å²) in [6.45, 7) is 0.510. The van der Waals surface area contributed by atoms with E-state index in [0.29, 0.717) is 30.9 Å². The summed E-state index contributed by atoms with van der Waals surface area (Å²) in [5, 5.41) is 4.01. The summed E-state index contributed by atoms with van der Waals surface area (Å²) in [5.41, 5.74) is 9.25. The number of hydrogen-bond donors (Lipinski definition) is 3. The highest BCUT2D eigenvalue weighted by Crippen LogP contribution is 2.27. The Hall–Kier alpha value is -3.11. The van der Waals surface area contributed by atoms with Crippen LogP contribution in [0.3, 0.4) is 0 Å². The van der Waals surface area contributed by atoms with Gasteiger partial charge < -0.3 is 41.9 Å². The highest BCUT2D eigenvalue weighted by molar-refractivity contribution is 5.86. The maximum absolute atomic E-state index is 12.3. The number of hydrogen-bond acceptors (Lipinski definition) is 4. The smallest absolute Gasteiger partial charge is 0.237 e. The van der Waals surface area contributed by atoms with Gasteiger partial charge in [0.1, 0.15) is 0 Å². The number of methoxy groups -OCH3 is 2. The first-order valence-corrected chi connectivity index (χ1v) is 8.91. The fourth-order valence-corrected chi connectivity index (χ4v) is 3.13. The first-order chi connectivity index (χ1) is 13.1. The largest absolute Gasteiger partial charge is 0.493 e. The Kier molecular flexibility index (Phi) is 11.2. The van der Waals surface area contributed by atoms with Crippen molar-refractivity contribution in [2.45, 2.75) is 18.9 Å². The quantitative estimate of drug-likeness (QED) is 0.460. The molecule has 0 radical (unpaired) electrons. The number of nitrogens with two attached hydrogens (primary N) is 1. The van der Waals surface area contributed by atoms with E-state index in [4.69, 9.17) is 15.2 Å². The number of aromatic amines is 1. The van der Waals surface area contributed by atoms with Gasteiger partial charge in [0.2, 0.25) is 5.91 Å². The Labute approximate surface area is 175 Å². The van der Waals surface area contributed by atoms with E-state index in [9.17, 15) is 4.79 Å². The third-order valence-electron chi connectivity index (χ3n) is 4.61. The number of H-pyrrole nitrogens is 1. The molecule has 0 unspecified atom stereocenters. The molecule has 1 heterocycles. The molecule has 0 aliphatic rings. The van der Waals surface area contributed by atoms with Crippen LogP contribution in [-0.2, 0) is 17.6 Å². The molecule has 3 aromatic rings. The lowest BCUT2D eigenvalue weighted by atomic mass is 10.0. The molecule has 1 aromatic heterocycles. The highest BCUT2D eigenvalue weighted by atomic mass is 16.5. The minimum Gasteiger partial charge on any atom is -0.493 e.